The lowest BCUT2D eigenvalue weighted by Gasteiger charge is -2.16. The van der Waals surface area contributed by atoms with Crippen molar-refractivity contribution in [2.75, 3.05) is 0 Å². The van der Waals surface area contributed by atoms with Gasteiger partial charge in [0.2, 0.25) is 0 Å². The summed E-state index contributed by atoms with van der Waals surface area (Å²) >= 11 is 6.76. The van der Waals surface area contributed by atoms with Crippen LogP contribution in [0.4, 0.5) is 4.39 Å². The van der Waals surface area contributed by atoms with E-state index in [-0.39, 0.29) is 5.82 Å². The summed E-state index contributed by atoms with van der Waals surface area (Å²) in [6.45, 7) is 1.85. The van der Waals surface area contributed by atoms with Crippen molar-refractivity contribution < 1.29 is 9.50 Å². The molecule has 94 valence electrons. The van der Waals surface area contributed by atoms with Crippen LogP contribution in [-0.2, 0) is 0 Å². The Kier molecular flexibility index (Phi) is 4.20. The maximum absolute atomic E-state index is 13.3. The van der Waals surface area contributed by atoms with E-state index in [1.54, 1.807) is 6.07 Å². The van der Waals surface area contributed by atoms with E-state index in [9.17, 15) is 9.50 Å². The van der Waals surface area contributed by atoms with E-state index in [1.165, 1.54) is 12.1 Å². The topological polar surface area (TPSA) is 20.2 Å². The average molecular weight is 374 g/mol. The molecule has 0 saturated heterocycles. The van der Waals surface area contributed by atoms with Gasteiger partial charge in [-0.15, -0.1) is 0 Å². The molecule has 0 aliphatic carbocycles. The van der Waals surface area contributed by atoms with Crippen molar-refractivity contribution in [2.45, 2.75) is 13.0 Å². The van der Waals surface area contributed by atoms with Gasteiger partial charge < -0.3 is 5.11 Å². The van der Waals surface area contributed by atoms with E-state index in [4.69, 9.17) is 0 Å². The van der Waals surface area contributed by atoms with Gasteiger partial charge in [-0.05, 0) is 47.9 Å². The van der Waals surface area contributed by atoms with Crippen molar-refractivity contribution in [3.63, 3.8) is 0 Å². The third-order valence-electron chi connectivity index (χ3n) is 2.79. The predicted molar refractivity (Wildman–Crippen MR) is 77.0 cm³/mol. The Balaban J connectivity index is 2.47. The molecule has 0 spiro atoms. The van der Waals surface area contributed by atoms with Crippen molar-refractivity contribution in [2.24, 2.45) is 0 Å². The normalized spacial score (nSPS) is 12.5. The summed E-state index contributed by atoms with van der Waals surface area (Å²) in [5.74, 6) is -0.345. The molecule has 0 aliphatic rings. The minimum Gasteiger partial charge on any atom is -0.384 e. The van der Waals surface area contributed by atoms with Crippen LogP contribution >= 0.6 is 31.9 Å². The third kappa shape index (κ3) is 2.82. The van der Waals surface area contributed by atoms with Crippen molar-refractivity contribution in [1.82, 2.24) is 0 Å². The summed E-state index contributed by atoms with van der Waals surface area (Å²) in [6.07, 6.45) is -0.844. The summed E-state index contributed by atoms with van der Waals surface area (Å²) in [5.41, 5.74) is 2.16. The minimum atomic E-state index is -0.844. The molecule has 0 aromatic heterocycles. The van der Waals surface area contributed by atoms with Crippen LogP contribution < -0.4 is 0 Å². The van der Waals surface area contributed by atoms with Crippen LogP contribution in [0.15, 0.2) is 45.3 Å². The number of halogens is 3. The maximum atomic E-state index is 13.3. The lowest BCUT2D eigenvalue weighted by molar-refractivity contribution is 0.218. The Morgan fingerprint density at radius 3 is 2.44 bits per heavy atom. The quantitative estimate of drug-likeness (QED) is 0.805. The third-order valence-corrected chi connectivity index (χ3v) is 3.97. The molecule has 2 rings (SSSR count). The monoisotopic (exact) mass is 372 g/mol. The van der Waals surface area contributed by atoms with Crippen molar-refractivity contribution in [3.8, 4) is 0 Å². The average Bonchev–Trinajstić information content (AvgIpc) is 2.31. The highest BCUT2D eigenvalue weighted by atomic mass is 79.9. The molecule has 18 heavy (non-hydrogen) atoms. The number of benzene rings is 2. The van der Waals surface area contributed by atoms with Gasteiger partial charge in [0, 0.05) is 8.95 Å². The molecule has 4 heteroatoms. The molecular weight excluding hydrogens is 363 g/mol. The molecule has 0 radical (unpaired) electrons. The first kappa shape index (κ1) is 13.7. The fraction of sp³-hybridized carbons (Fsp3) is 0.143. The van der Waals surface area contributed by atoms with E-state index in [2.05, 4.69) is 31.9 Å². The number of aliphatic hydroxyl groups excluding tert-OH is 1. The zero-order valence-electron chi connectivity index (χ0n) is 9.62. The highest BCUT2D eigenvalue weighted by Crippen LogP contribution is 2.32. The van der Waals surface area contributed by atoms with Gasteiger partial charge in [-0.25, -0.2) is 4.39 Å². The highest BCUT2D eigenvalue weighted by molar-refractivity contribution is 9.11. The Labute approximate surface area is 122 Å². The Morgan fingerprint density at radius 1 is 1.06 bits per heavy atom. The van der Waals surface area contributed by atoms with Gasteiger partial charge in [-0.2, -0.15) is 0 Å². The van der Waals surface area contributed by atoms with Gasteiger partial charge in [0.05, 0.1) is 0 Å². The molecular formula is C14H11Br2FO. The van der Waals surface area contributed by atoms with Gasteiger partial charge in [-0.1, -0.05) is 44.0 Å². The van der Waals surface area contributed by atoms with E-state index in [0.29, 0.717) is 11.1 Å². The molecule has 2 aromatic carbocycles. The van der Waals surface area contributed by atoms with Crippen LogP contribution in [0.1, 0.15) is 22.8 Å². The zero-order chi connectivity index (χ0) is 13.3. The molecule has 1 atom stereocenters. The minimum absolute atomic E-state index is 0.345. The Bertz CT molecular complexity index is 584. The molecule has 1 N–H and O–H groups in total. The standard InChI is InChI=1S/C14H11Br2FO/c1-8-2-4-10(17)7-12(8)14(18)11-5-3-9(15)6-13(11)16/h2-7,14,18H,1H3. The number of hydrogen-bond acceptors (Lipinski definition) is 1. The molecule has 0 bridgehead atoms. The Hall–Kier alpha value is -0.710. The van der Waals surface area contributed by atoms with E-state index >= 15 is 0 Å². The number of hydrogen-bond donors (Lipinski definition) is 1. The van der Waals surface area contributed by atoms with Gasteiger partial charge in [-0.3, -0.25) is 0 Å². The number of aliphatic hydroxyl groups is 1. The number of aryl methyl sites for hydroxylation is 1. The van der Waals surface area contributed by atoms with Crippen LogP contribution in [0.5, 0.6) is 0 Å². The molecule has 0 heterocycles. The summed E-state index contributed by atoms with van der Waals surface area (Å²) in [4.78, 5) is 0. The smallest absolute Gasteiger partial charge is 0.123 e. The van der Waals surface area contributed by atoms with Gasteiger partial charge in [0.25, 0.3) is 0 Å². The second-order valence-electron chi connectivity index (χ2n) is 4.07. The van der Waals surface area contributed by atoms with Gasteiger partial charge in [0.15, 0.2) is 0 Å². The van der Waals surface area contributed by atoms with Gasteiger partial charge >= 0.3 is 0 Å². The highest BCUT2D eigenvalue weighted by Gasteiger charge is 2.16. The Morgan fingerprint density at radius 2 is 1.78 bits per heavy atom. The lowest BCUT2D eigenvalue weighted by atomic mass is 9.97. The van der Waals surface area contributed by atoms with Crippen LogP contribution in [0.2, 0.25) is 0 Å². The molecule has 1 nitrogen and oxygen atoms in total. The van der Waals surface area contributed by atoms with E-state index < -0.39 is 6.10 Å². The van der Waals surface area contributed by atoms with Crippen LogP contribution in [0, 0.1) is 12.7 Å². The first-order valence-corrected chi connectivity index (χ1v) is 6.96. The molecule has 1 unspecified atom stereocenters. The van der Waals surface area contributed by atoms with Crippen molar-refractivity contribution in [1.29, 1.82) is 0 Å². The van der Waals surface area contributed by atoms with Crippen molar-refractivity contribution >= 4 is 31.9 Å². The predicted octanol–water partition coefficient (Wildman–Crippen LogP) is 4.74. The van der Waals surface area contributed by atoms with Crippen LogP contribution in [0.3, 0.4) is 0 Å². The molecule has 0 fully saturated rings. The maximum Gasteiger partial charge on any atom is 0.123 e. The van der Waals surface area contributed by atoms with E-state index in [0.717, 1.165) is 14.5 Å². The lowest BCUT2D eigenvalue weighted by Crippen LogP contribution is -2.03. The van der Waals surface area contributed by atoms with Crippen molar-refractivity contribution in [3.05, 3.63) is 67.9 Å². The van der Waals surface area contributed by atoms with E-state index in [1.807, 2.05) is 25.1 Å². The zero-order valence-corrected chi connectivity index (χ0v) is 12.8. The molecule has 0 amide bonds. The molecule has 2 aromatic rings. The first-order chi connectivity index (χ1) is 8.49. The number of rotatable bonds is 2. The van der Waals surface area contributed by atoms with Crippen LogP contribution in [0.25, 0.3) is 0 Å². The summed E-state index contributed by atoms with van der Waals surface area (Å²) in [5, 5.41) is 10.4. The van der Waals surface area contributed by atoms with Crippen LogP contribution in [-0.4, -0.2) is 5.11 Å². The molecule has 0 aliphatic heterocycles. The fourth-order valence-electron chi connectivity index (χ4n) is 1.80. The first-order valence-electron chi connectivity index (χ1n) is 5.38. The second kappa shape index (κ2) is 5.51. The molecule has 0 saturated carbocycles. The largest absolute Gasteiger partial charge is 0.384 e. The van der Waals surface area contributed by atoms with Gasteiger partial charge in [0.1, 0.15) is 11.9 Å². The SMILES string of the molecule is Cc1ccc(F)cc1C(O)c1ccc(Br)cc1Br. The second-order valence-corrected chi connectivity index (χ2v) is 5.84. The summed E-state index contributed by atoms with van der Waals surface area (Å²) < 4.78 is 15.0. The fourth-order valence-corrected chi connectivity index (χ4v) is 3.06. The summed E-state index contributed by atoms with van der Waals surface area (Å²) in [7, 11) is 0. The summed E-state index contributed by atoms with van der Waals surface area (Å²) in [6, 6.07) is 9.94.